The van der Waals surface area contributed by atoms with Crippen molar-refractivity contribution in [2.75, 3.05) is 38.0 Å². The largest absolute Gasteiger partial charge is 0.417 e. The van der Waals surface area contributed by atoms with E-state index in [-0.39, 0.29) is 38.4 Å². The Hall–Kier alpha value is -2.28. The molecule has 0 aromatic heterocycles. The molecule has 3 rings (SSSR count). The highest BCUT2D eigenvalue weighted by molar-refractivity contribution is 7.89. The first-order valence-corrected chi connectivity index (χ1v) is 11.0. The molecule has 0 aliphatic carbocycles. The van der Waals surface area contributed by atoms with E-state index in [1.165, 1.54) is 0 Å². The van der Waals surface area contributed by atoms with Gasteiger partial charge in [0.25, 0.3) is 0 Å². The fourth-order valence-corrected chi connectivity index (χ4v) is 4.82. The second kappa shape index (κ2) is 9.30. The number of carbonyl (C=O) groups is 1. The Labute approximate surface area is 185 Å². The molecule has 2 aromatic rings. The number of hydrogen-bond acceptors (Lipinski definition) is 4. The third-order valence-electron chi connectivity index (χ3n) is 4.78. The number of anilines is 1. The first-order chi connectivity index (χ1) is 14.9. The number of hydrogen-bond donors (Lipinski definition) is 1. The van der Waals surface area contributed by atoms with Crippen molar-refractivity contribution >= 4 is 33.2 Å². The molecule has 174 valence electrons. The average molecular weight is 498 g/mol. The Morgan fingerprint density at radius 3 is 2.31 bits per heavy atom. The molecule has 2 aromatic carbocycles. The maximum Gasteiger partial charge on any atom is 0.417 e. The van der Waals surface area contributed by atoms with Crippen LogP contribution >= 0.6 is 11.6 Å². The summed E-state index contributed by atoms with van der Waals surface area (Å²) in [4.78, 5) is 13.2. The molecule has 1 amide bonds. The Balaban J connectivity index is 1.62. The number of alkyl halides is 3. The van der Waals surface area contributed by atoms with Crippen molar-refractivity contribution in [2.24, 2.45) is 0 Å². The number of nitrogens with zero attached hydrogens (tertiary/aromatic N) is 2. The Morgan fingerprint density at radius 2 is 1.69 bits per heavy atom. The molecule has 0 radical (unpaired) electrons. The van der Waals surface area contributed by atoms with E-state index in [9.17, 15) is 35.2 Å². The highest BCUT2D eigenvalue weighted by atomic mass is 35.5. The van der Waals surface area contributed by atoms with Crippen LogP contribution in [0.15, 0.2) is 41.3 Å². The maximum absolute atomic E-state index is 13.6. The second-order valence-electron chi connectivity index (χ2n) is 6.99. The van der Waals surface area contributed by atoms with Gasteiger partial charge in [0.1, 0.15) is 11.6 Å². The number of rotatable bonds is 5. The lowest BCUT2D eigenvalue weighted by Gasteiger charge is -2.33. The van der Waals surface area contributed by atoms with Gasteiger partial charge in [-0.15, -0.1) is 0 Å². The summed E-state index contributed by atoms with van der Waals surface area (Å²) in [6, 6.07) is 4.98. The Morgan fingerprint density at radius 1 is 1.03 bits per heavy atom. The lowest BCUT2D eigenvalue weighted by Crippen LogP contribution is -2.50. The van der Waals surface area contributed by atoms with Crippen LogP contribution in [-0.2, 0) is 21.0 Å². The van der Waals surface area contributed by atoms with E-state index in [0.717, 1.165) is 34.6 Å². The normalized spacial score (nSPS) is 16.2. The minimum atomic E-state index is -4.81. The summed E-state index contributed by atoms with van der Waals surface area (Å²) in [5, 5.41) is 1.64. The van der Waals surface area contributed by atoms with Gasteiger partial charge >= 0.3 is 6.18 Å². The summed E-state index contributed by atoms with van der Waals surface area (Å²) in [7, 11) is -4.22. The lowest BCUT2D eigenvalue weighted by molar-refractivity contribution is -0.137. The van der Waals surface area contributed by atoms with Crippen molar-refractivity contribution in [2.45, 2.75) is 11.1 Å². The quantitative estimate of drug-likeness (QED) is 0.641. The molecule has 1 saturated heterocycles. The van der Waals surface area contributed by atoms with Gasteiger partial charge in [-0.25, -0.2) is 17.2 Å². The fraction of sp³-hybridized carbons (Fsp3) is 0.316. The minimum Gasteiger partial charge on any atom is -0.322 e. The number of halogens is 6. The lowest BCUT2D eigenvalue weighted by atomic mass is 10.2. The smallest absolute Gasteiger partial charge is 0.322 e. The minimum absolute atomic E-state index is 0.0755. The molecular weight excluding hydrogens is 481 g/mol. The van der Waals surface area contributed by atoms with Crippen molar-refractivity contribution in [3.8, 4) is 0 Å². The number of sulfonamides is 1. The first kappa shape index (κ1) is 24.4. The molecule has 1 aliphatic rings. The van der Waals surface area contributed by atoms with Crippen LogP contribution in [0.2, 0.25) is 5.02 Å². The van der Waals surface area contributed by atoms with E-state index in [1.807, 2.05) is 0 Å². The average Bonchev–Trinajstić information content (AvgIpc) is 2.70. The highest BCUT2D eigenvalue weighted by Crippen LogP contribution is 2.36. The zero-order chi connectivity index (χ0) is 23.7. The SMILES string of the molecule is O=C(CN1CCN(S(=O)(=O)c2ccc(Cl)c(C(F)(F)F)c2)CC1)Nc1cc(F)ccc1F. The van der Waals surface area contributed by atoms with E-state index >= 15 is 0 Å². The van der Waals surface area contributed by atoms with E-state index in [2.05, 4.69) is 5.32 Å². The second-order valence-corrected chi connectivity index (χ2v) is 9.34. The molecule has 1 fully saturated rings. The highest BCUT2D eigenvalue weighted by Gasteiger charge is 2.36. The van der Waals surface area contributed by atoms with Crippen LogP contribution < -0.4 is 5.32 Å². The number of carbonyl (C=O) groups excluding carboxylic acids is 1. The number of benzene rings is 2. The van der Waals surface area contributed by atoms with Gasteiger partial charge < -0.3 is 5.32 Å². The van der Waals surface area contributed by atoms with Gasteiger partial charge in [0, 0.05) is 32.2 Å². The van der Waals surface area contributed by atoms with E-state index in [0.29, 0.717) is 6.07 Å². The van der Waals surface area contributed by atoms with Crippen molar-refractivity contribution in [1.29, 1.82) is 0 Å². The molecule has 0 unspecified atom stereocenters. The van der Waals surface area contributed by atoms with Crippen LogP contribution in [0.1, 0.15) is 5.56 Å². The molecule has 32 heavy (non-hydrogen) atoms. The van der Waals surface area contributed by atoms with Crippen LogP contribution in [-0.4, -0.2) is 56.3 Å². The molecule has 6 nitrogen and oxygen atoms in total. The van der Waals surface area contributed by atoms with Crippen molar-refractivity contribution in [3.05, 3.63) is 58.6 Å². The summed E-state index contributed by atoms with van der Waals surface area (Å²) in [5.74, 6) is -2.16. The molecule has 13 heteroatoms. The van der Waals surface area contributed by atoms with Crippen LogP contribution in [0, 0.1) is 11.6 Å². The van der Waals surface area contributed by atoms with Gasteiger partial charge in [0.15, 0.2) is 0 Å². The molecule has 0 saturated carbocycles. The Kier molecular flexibility index (Phi) is 7.08. The number of amides is 1. The molecule has 0 bridgehead atoms. The van der Waals surface area contributed by atoms with Crippen LogP contribution in [0.3, 0.4) is 0 Å². The van der Waals surface area contributed by atoms with E-state index in [4.69, 9.17) is 11.6 Å². The van der Waals surface area contributed by atoms with Crippen molar-refractivity contribution < 1.29 is 35.2 Å². The predicted octanol–water partition coefficient (Wildman–Crippen LogP) is 3.58. The van der Waals surface area contributed by atoms with Gasteiger partial charge in [-0.05, 0) is 30.3 Å². The van der Waals surface area contributed by atoms with Crippen LogP contribution in [0.5, 0.6) is 0 Å². The third kappa shape index (κ3) is 5.55. The maximum atomic E-state index is 13.6. The number of nitrogens with one attached hydrogen (secondary N) is 1. The van der Waals surface area contributed by atoms with Crippen molar-refractivity contribution in [1.82, 2.24) is 9.21 Å². The molecule has 0 spiro atoms. The molecule has 1 heterocycles. The standard InChI is InChI=1S/C19H17ClF5N3O3S/c20-15-3-2-13(10-14(15)19(23,24)25)32(30,31)28-7-5-27(6-8-28)11-18(29)26-17-9-12(21)1-4-16(17)22/h1-4,9-10H,5-8,11H2,(H,26,29). The number of piperazine rings is 1. The van der Waals surface area contributed by atoms with Gasteiger partial charge in [-0.3, -0.25) is 9.69 Å². The van der Waals surface area contributed by atoms with Crippen molar-refractivity contribution in [3.63, 3.8) is 0 Å². The first-order valence-electron chi connectivity index (χ1n) is 9.22. The zero-order valence-electron chi connectivity index (χ0n) is 16.3. The summed E-state index contributed by atoms with van der Waals surface area (Å²) in [6.45, 7) is -0.138. The van der Waals surface area contributed by atoms with Crippen LogP contribution in [0.4, 0.5) is 27.6 Å². The summed E-state index contributed by atoms with van der Waals surface area (Å²) in [5.41, 5.74) is -1.57. The van der Waals surface area contributed by atoms with Gasteiger partial charge in [-0.1, -0.05) is 11.6 Å². The zero-order valence-corrected chi connectivity index (χ0v) is 17.9. The van der Waals surface area contributed by atoms with Gasteiger partial charge in [0.05, 0.1) is 27.7 Å². The van der Waals surface area contributed by atoms with E-state index < -0.39 is 49.2 Å². The monoisotopic (exact) mass is 497 g/mol. The van der Waals surface area contributed by atoms with Crippen LogP contribution in [0.25, 0.3) is 0 Å². The topological polar surface area (TPSA) is 69.7 Å². The summed E-state index contributed by atoms with van der Waals surface area (Å²) in [6.07, 6.45) is -4.81. The molecule has 1 aliphatic heterocycles. The summed E-state index contributed by atoms with van der Waals surface area (Å²) >= 11 is 5.54. The Bertz CT molecular complexity index is 1120. The summed E-state index contributed by atoms with van der Waals surface area (Å²) < 4.78 is 92.5. The molecule has 1 N–H and O–H groups in total. The predicted molar refractivity (Wildman–Crippen MR) is 107 cm³/mol. The van der Waals surface area contributed by atoms with Gasteiger partial charge in [0.2, 0.25) is 15.9 Å². The molecule has 0 atom stereocenters. The third-order valence-corrected chi connectivity index (χ3v) is 7.01. The van der Waals surface area contributed by atoms with E-state index in [1.54, 1.807) is 4.90 Å². The fourth-order valence-electron chi connectivity index (χ4n) is 3.15. The molecular formula is C19H17ClF5N3O3S. The van der Waals surface area contributed by atoms with Gasteiger partial charge in [-0.2, -0.15) is 17.5 Å².